The van der Waals surface area contributed by atoms with E-state index in [9.17, 15) is 13.2 Å². The molecule has 26 heavy (non-hydrogen) atoms. The summed E-state index contributed by atoms with van der Waals surface area (Å²) in [5.41, 5.74) is 1.06. The van der Waals surface area contributed by atoms with Crippen LogP contribution in [0.4, 0.5) is 0 Å². The zero-order valence-corrected chi connectivity index (χ0v) is 17.0. The summed E-state index contributed by atoms with van der Waals surface area (Å²) in [6.45, 7) is 6.50. The fourth-order valence-corrected chi connectivity index (χ4v) is 4.78. The molecule has 2 rings (SSSR count). The molecule has 1 atom stereocenters. The monoisotopic (exact) mass is 383 g/mol. The first-order chi connectivity index (χ1) is 12.0. The second-order valence-corrected chi connectivity index (χ2v) is 9.45. The summed E-state index contributed by atoms with van der Waals surface area (Å²) < 4.78 is 35.5. The van der Waals surface area contributed by atoms with Crippen molar-refractivity contribution in [3.05, 3.63) is 23.3 Å². The molecule has 0 amide bonds. The fourth-order valence-electron chi connectivity index (χ4n) is 3.48. The molecule has 0 saturated heterocycles. The van der Waals surface area contributed by atoms with E-state index in [0.717, 1.165) is 24.0 Å². The standard InChI is InChI=1S/C19H29NO5S/c1-13-9-10-15-17(18(13)26(5,22)23)14(12-19(2,3)25-15)20-11-7-6-8-16(21)24-4/h9-10,14,20H,6-8,11-12H2,1-5H3. The number of rotatable bonds is 7. The molecule has 1 heterocycles. The Morgan fingerprint density at radius 1 is 1.35 bits per heavy atom. The van der Waals surface area contributed by atoms with Crippen LogP contribution < -0.4 is 10.1 Å². The van der Waals surface area contributed by atoms with Crippen LogP contribution in [0.3, 0.4) is 0 Å². The van der Waals surface area contributed by atoms with Crippen molar-refractivity contribution in [1.82, 2.24) is 5.32 Å². The maximum atomic E-state index is 12.4. The number of carbonyl (C=O) groups is 1. The summed E-state index contributed by atoms with van der Waals surface area (Å²) >= 11 is 0. The first kappa shape index (κ1) is 20.7. The lowest BCUT2D eigenvalue weighted by atomic mass is 9.88. The van der Waals surface area contributed by atoms with Crippen LogP contribution in [0.2, 0.25) is 0 Å². The number of unbranched alkanes of at least 4 members (excludes halogenated alkanes) is 1. The number of nitrogens with one attached hydrogen (secondary N) is 1. The maximum Gasteiger partial charge on any atom is 0.305 e. The van der Waals surface area contributed by atoms with E-state index < -0.39 is 9.84 Å². The van der Waals surface area contributed by atoms with E-state index in [1.54, 1.807) is 6.07 Å². The lowest BCUT2D eigenvalue weighted by molar-refractivity contribution is -0.140. The SMILES string of the molecule is COC(=O)CCCCNC1CC(C)(C)Oc2ccc(C)c(S(C)(=O)=O)c21. The molecule has 1 aliphatic heterocycles. The topological polar surface area (TPSA) is 81.7 Å². The zero-order valence-electron chi connectivity index (χ0n) is 16.2. The van der Waals surface area contributed by atoms with Crippen LogP contribution in [-0.2, 0) is 19.4 Å². The lowest BCUT2D eigenvalue weighted by Crippen LogP contribution is -2.40. The van der Waals surface area contributed by atoms with E-state index in [0.29, 0.717) is 30.0 Å². The molecule has 1 N–H and O–H groups in total. The largest absolute Gasteiger partial charge is 0.487 e. The van der Waals surface area contributed by atoms with Crippen molar-refractivity contribution in [2.75, 3.05) is 19.9 Å². The van der Waals surface area contributed by atoms with Gasteiger partial charge < -0.3 is 14.8 Å². The minimum Gasteiger partial charge on any atom is -0.487 e. The molecule has 0 bridgehead atoms. The van der Waals surface area contributed by atoms with Crippen molar-refractivity contribution < 1.29 is 22.7 Å². The van der Waals surface area contributed by atoms with Gasteiger partial charge in [-0.3, -0.25) is 4.79 Å². The van der Waals surface area contributed by atoms with Gasteiger partial charge in [-0.05, 0) is 51.8 Å². The summed E-state index contributed by atoms with van der Waals surface area (Å²) in [7, 11) is -1.99. The zero-order chi connectivity index (χ0) is 19.5. The van der Waals surface area contributed by atoms with Gasteiger partial charge in [0.25, 0.3) is 0 Å². The van der Waals surface area contributed by atoms with E-state index in [1.165, 1.54) is 13.4 Å². The highest BCUT2D eigenvalue weighted by Crippen LogP contribution is 2.43. The second kappa shape index (κ2) is 7.96. The van der Waals surface area contributed by atoms with Crippen LogP contribution in [0.1, 0.15) is 56.7 Å². The second-order valence-electron chi connectivity index (χ2n) is 7.50. The highest BCUT2D eigenvalue weighted by molar-refractivity contribution is 7.90. The highest BCUT2D eigenvalue weighted by Gasteiger charge is 2.37. The van der Waals surface area contributed by atoms with E-state index in [4.69, 9.17) is 4.74 Å². The molecule has 1 aliphatic rings. The average molecular weight is 384 g/mol. The van der Waals surface area contributed by atoms with Gasteiger partial charge in [-0.25, -0.2) is 8.42 Å². The number of hydrogen-bond acceptors (Lipinski definition) is 6. The van der Waals surface area contributed by atoms with E-state index >= 15 is 0 Å². The molecular weight excluding hydrogens is 354 g/mol. The van der Waals surface area contributed by atoms with E-state index in [-0.39, 0.29) is 17.6 Å². The molecule has 6 nitrogen and oxygen atoms in total. The Hall–Kier alpha value is -1.60. The molecule has 7 heteroatoms. The Morgan fingerprint density at radius 2 is 2.04 bits per heavy atom. The fraction of sp³-hybridized carbons (Fsp3) is 0.632. The van der Waals surface area contributed by atoms with Gasteiger partial charge in [0.2, 0.25) is 0 Å². The van der Waals surface area contributed by atoms with Crippen molar-refractivity contribution in [3.8, 4) is 5.75 Å². The number of benzene rings is 1. The molecule has 0 radical (unpaired) electrons. The number of aryl methyl sites for hydroxylation is 1. The van der Waals surface area contributed by atoms with Crippen LogP contribution in [0.25, 0.3) is 0 Å². The smallest absolute Gasteiger partial charge is 0.305 e. The number of esters is 1. The number of carbonyl (C=O) groups excluding carboxylic acids is 1. The van der Waals surface area contributed by atoms with Gasteiger partial charge in [0, 0.05) is 30.7 Å². The molecule has 0 fully saturated rings. The number of sulfone groups is 1. The predicted octanol–water partition coefficient (Wildman–Crippen LogP) is 2.93. The van der Waals surface area contributed by atoms with Gasteiger partial charge in [-0.2, -0.15) is 0 Å². The first-order valence-corrected chi connectivity index (χ1v) is 10.8. The van der Waals surface area contributed by atoms with Crippen molar-refractivity contribution in [2.45, 2.75) is 63.0 Å². The molecule has 0 aliphatic carbocycles. The minimum atomic E-state index is -3.38. The molecule has 0 spiro atoms. The number of ether oxygens (including phenoxy) is 2. The van der Waals surface area contributed by atoms with Crippen LogP contribution in [0.15, 0.2) is 17.0 Å². The van der Waals surface area contributed by atoms with Crippen molar-refractivity contribution in [3.63, 3.8) is 0 Å². The van der Waals surface area contributed by atoms with Crippen molar-refractivity contribution in [1.29, 1.82) is 0 Å². The Balaban J connectivity index is 2.23. The van der Waals surface area contributed by atoms with Crippen LogP contribution in [-0.4, -0.2) is 39.9 Å². The summed E-state index contributed by atoms with van der Waals surface area (Å²) in [5, 5.41) is 3.47. The Morgan fingerprint density at radius 3 is 2.65 bits per heavy atom. The highest BCUT2D eigenvalue weighted by atomic mass is 32.2. The third kappa shape index (κ3) is 4.98. The maximum absolute atomic E-state index is 12.4. The van der Waals surface area contributed by atoms with Crippen LogP contribution in [0, 0.1) is 6.92 Å². The number of hydrogen-bond donors (Lipinski definition) is 1. The summed E-state index contributed by atoms with van der Waals surface area (Å²) in [5.74, 6) is 0.414. The van der Waals surface area contributed by atoms with Gasteiger partial charge in [0.05, 0.1) is 12.0 Å². The lowest BCUT2D eigenvalue weighted by Gasteiger charge is -2.39. The number of methoxy groups -OCH3 is 1. The van der Waals surface area contributed by atoms with Gasteiger partial charge >= 0.3 is 5.97 Å². The minimum absolute atomic E-state index is 0.114. The van der Waals surface area contributed by atoms with Gasteiger partial charge in [-0.15, -0.1) is 0 Å². The van der Waals surface area contributed by atoms with E-state index in [1.807, 2.05) is 26.8 Å². The molecular formula is C19H29NO5S. The molecule has 0 aromatic heterocycles. The van der Waals surface area contributed by atoms with Crippen molar-refractivity contribution >= 4 is 15.8 Å². The molecule has 0 saturated carbocycles. The Labute approximate surface area is 156 Å². The quantitative estimate of drug-likeness (QED) is 0.576. The third-order valence-corrected chi connectivity index (χ3v) is 5.86. The Kier molecular flexibility index (Phi) is 6.34. The average Bonchev–Trinajstić information content (AvgIpc) is 2.52. The Bertz CT molecular complexity index is 770. The first-order valence-electron chi connectivity index (χ1n) is 8.88. The molecule has 146 valence electrons. The summed E-state index contributed by atoms with van der Waals surface area (Å²) in [6, 6.07) is 3.53. The predicted molar refractivity (Wildman–Crippen MR) is 100 cm³/mol. The van der Waals surface area contributed by atoms with Crippen LogP contribution in [0.5, 0.6) is 5.75 Å². The van der Waals surface area contributed by atoms with E-state index in [2.05, 4.69) is 10.1 Å². The van der Waals surface area contributed by atoms with Crippen molar-refractivity contribution in [2.24, 2.45) is 0 Å². The number of fused-ring (bicyclic) bond motifs is 1. The van der Waals surface area contributed by atoms with Gasteiger partial charge in [0.1, 0.15) is 11.4 Å². The third-order valence-electron chi connectivity index (χ3n) is 4.58. The molecule has 1 unspecified atom stereocenters. The summed E-state index contributed by atoms with van der Waals surface area (Å²) in [4.78, 5) is 11.6. The molecule has 1 aromatic carbocycles. The van der Waals surface area contributed by atoms with Crippen LogP contribution >= 0.6 is 0 Å². The molecule has 1 aromatic rings. The summed E-state index contributed by atoms with van der Waals surface area (Å²) in [6.07, 6.45) is 3.83. The van der Waals surface area contributed by atoms with Gasteiger partial charge in [0.15, 0.2) is 9.84 Å². The normalized spacial score (nSPS) is 18.7. The van der Waals surface area contributed by atoms with Gasteiger partial charge in [-0.1, -0.05) is 6.07 Å².